The minimum Gasteiger partial charge on any atom is -0.497 e. The lowest BCUT2D eigenvalue weighted by atomic mass is 10.2. The maximum Gasteiger partial charge on any atom is 0.213 e. The van der Waals surface area contributed by atoms with E-state index in [-0.39, 0.29) is 0 Å². The molecular formula is C16H12FNOS. The van der Waals surface area contributed by atoms with E-state index in [2.05, 4.69) is 4.98 Å². The van der Waals surface area contributed by atoms with E-state index in [0.717, 1.165) is 26.6 Å². The molecule has 2 aromatic heterocycles. The van der Waals surface area contributed by atoms with Crippen LogP contribution < -0.4 is 4.74 Å². The molecule has 0 aliphatic rings. The molecule has 20 heavy (non-hydrogen) atoms. The third kappa shape index (κ3) is 2.56. The highest BCUT2D eigenvalue weighted by Crippen LogP contribution is 2.34. The Kier molecular flexibility index (Phi) is 3.48. The average molecular weight is 284 g/mol. The van der Waals surface area contributed by atoms with E-state index in [1.165, 1.54) is 12.3 Å². The number of halogens is 1. The highest BCUT2D eigenvalue weighted by Gasteiger charge is 2.06. The first-order chi connectivity index (χ1) is 9.76. The summed E-state index contributed by atoms with van der Waals surface area (Å²) in [7, 11) is 1.65. The predicted molar refractivity (Wildman–Crippen MR) is 79.5 cm³/mol. The van der Waals surface area contributed by atoms with Crippen molar-refractivity contribution in [3.05, 3.63) is 60.7 Å². The van der Waals surface area contributed by atoms with Crippen molar-refractivity contribution in [3.8, 4) is 26.6 Å². The number of hydrogen-bond donors (Lipinski definition) is 0. The molecule has 0 atom stereocenters. The molecule has 3 rings (SSSR count). The van der Waals surface area contributed by atoms with E-state index in [9.17, 15) is 4.39 Å². The third-order valence-corrected chi connectivity index (χ3v) is 4.18. The van der Waals surface area contributed by atoms with Gasteiger partial charge in [0, 0.05) is 22.0 Å². The second kappa shape index (κ2) is 5.43. The summed E-state index contributed by atoms with van der Waals surface area (Å²) >= 11 is 1.63. The van der Waals surface area contributed by atoms with Gasteiger partial charge in [-0.15, -0.1) is 11.3 Å². The van der Waals surface area contributed by atoms with E-state index in [4.69, 9.17) is 4.74 Å². The van der Waals surface area contributed by atoms with Gasteiger partial charge >= 0.3 is 0 Å². The van der Waals surface area contributed by atoms with Crippen LogP contribution >= 0.6 is 11.3 Å². The van der Waals surface area contributed by atoms with Crippen molar-refractivity contribution in [2.45, 2.75) is 0 Å². The molecule has 0 unspecified atom stereocenters. The molecule has 0 spiro atoms. The van der Waals surface area contributed by atoms with Crippen molar-refractivity contribution < 1.29 is 9.13 Å². The Balaban J connectivity index is 1.93. The molecule has 0 aliphatic heterocycles. The molecule has 2 heterocycles. The van der Waals surface area contributed by atoms with E-state index in [1.807, 2.05) is 42.5 Å². The molecule has 0 N–H and O–H groups in total. The molecule has 4 heteroatoms. The lowest BCUT2D eigenvalue weighted by molar-refractivity contribution is 0.415. The Morgan fingerprint density at radius 2 is 1.65 bits per heavy atom. The van der Waals surface area contributed by atoms with Gasteiger partial charge in [-0.05, 0) is 53.6 Å². The van der Waals surface area contributed by atoms with Gasteiger partial charge in [0.15, 0.2) is 0 Å². The Morgan fingerprint density at radius 3 is 2.30 bits per heavy atom. The number of nitrogens with zero attached hydrogens (tertiary/aromatic N) is 1. The van der Waals surface area contributed by atoms with Crippen LogP contribution in [-0.2, 0) is 0 Å². The average Bonchev–Trinajstić information content (AvgIpc) is 2.97. The summed E-state index contributed by atoms with van der Waals surface area (Å²) in [5, 5.41) is 0. The highest BCUT2D eigenvalue weighted by molar-refractivity contribution is 7.18. The van der Waals surface area contributed by atoms with Crippen molar-refractivity contribution in [1.82, 2.24) is 4.98 Å². The van der Waals surface area contributed by atoms with Gasteiger partial charge in [-0.2, -0.15) is 4.39 Å². The van der Waals surface area contributed by atoms with Gasteiger partial charge in [0.2, 0.25) is 5.95 Å². The standard InChI is InChI=1S/C16H12FNOS/c1-19-13-4-2-11(3-5-13)14-6-7-15(20-14)12-8-9-18-16(17)10-12/h2-10H,1H3/i17-1. The Hall–Kier alpha value is -2.20. The fourth-order valence-corrected chi connectivity index (χ4v) is 2.97. The lowest BCUT2D eigenvalue weighted by Crippen LogP contribution is -1.81. The molecule has 0 saturated carbocycles. The van der Waals surface area contributed by atoms with Crippen LogP contribution in [0, 0.1) is 5.95 Å². The number of benzene rings is 1. The van der Waals surface area contributed by atoms with Crippen molar-refractivity contribution >= 4 is 11.3 Å². The summed E-state index contributed by atoms with van der Waals surface area (Å²) in [6.45, 7) is 0. The van der Waals surface area contributed by atoms with Crippen LogP contribution in [0.3, 0.4) is 0 Å². The van der Waals surface area contributed by atoms with Crippen molar-refractivity contribution in [2.24, 2.45) is 0 Å². The molecule has 0 saturated heterocycles. The summed E-state index contributed by atoms with van der Waals surface area (Å²) in [5.74, 6) is 0.378. The van der Waals surface area contributed by atoms with Gasteiger partial charge in [0.05, 0.1) is 7.11 Å². The van der Waals surface area contributed by atoms with Crippen LogP contribution in [0.5, 0.6) is 5.75 Å². The largest absolute Gasteiger partial charge is 0.497 e. The molecule has 0 aliphatic carbocycles. The Bertz CT molecular complexity index is 721. The number of pyridine rings is 1. The Labute approximate surface area is 120 Å². The summed E-state index contributed by atoms with van der Waals surface area (Å²) in [6, 6.07) is 15.2. The maximum atomic E-state index is 13.1. The minimum absolute atomic E-state index is 0.457. The quantitative estimate of drug-likeness (QED) is 0.654. The van der Waals surface area contributed by atoms with E-state index in [0.29, 0.717) is 0 Å². The monoisotopic (exact) mass is 284 g/mol. The topological polar surface area (TPSA) is 22.1 Å². The molecule has 100 valence electrons. The van der Waals surface area contributed by atoms with Gasteiger partial charge in [0.25, 0.3) is 0 Å². The number of rotatable bonds is 3. The molecule has 0 fully saturated rings. The smallest absolute Gasteiger partial charge is 0.213 e. The number of hydrogen-bond acceptors (Lipinski definition) is 3. The number of ether oxygens (including phenoxy) is 1. The first kappa shape index (κ1) is 12.8. The first-order valence-corrected chi connectivity index (χ1v) is 6.94. The van der Waals surface area contributed by atoms with Crippen LogP contribution in [0.2, 0.25) is 0 Å². The van der Waals surface area contributed by atoms with Crippen molar-refractivity contribution in [2.75, 3.05) is 7.11 Å². The number of methoxy groups -OCH3 is 1. The second-order valence-electron chi connectivity index (χ2n) is 4.26. The third-order valence-electron chi connectivity index (χ3n) is 2.99. The SMILES string of the molecule is COc1ccc(-c2ccc(-c3ccnc([18F])c3)s2)cc1. The molecule has 0 radical (unpaired) electrons. The van der Waals surface area contributed by atoms with Gasteiger partial charge in [-0.25, -0.2) is 4.98 Å². The number of aromatic nitrogens is 1. The highest BCUT2D eigenvalue weighted by atomic mass is 32.1. The Morgan fingerprint density at radius 1 is 0.950 bits per heavy atom. The zero-order chi connectivity index (χ0) is 13.9. The van der Waals surface area contributed by atoms with Gasteiger partial charge in [-0.3, -0.25) is 0 Å². The zero-order valence-electron chi connectivity index (χ0n) is 10.8. The molecular weight excluding hydrogens is 272 g/mol. The molecule has 3 aromatic rings. The lowest BCUT2D eigenvalue weighted by Gasteiger charge is -2.01. The van der Waals surface area contributed by atoms with Crippen LogP contribution in [0.25, 0.3) is 20.9 Å². The fourth-order valence-electron chi connectivity index (χ4n) is 1.96. The molecule has 2 nitrogen and oxygen atoms in total. The van der Waals surface area contributed by atoms with Gasteiger partial charge in [0.1, 0.15) is 5.75 Å². The first-order valence-electron chi connectivity index (χ1n) is 6.12. The second-order valence-corrected chi connectivity index (χ2v) is 5.34. The van der Waals surface area contributed by atoms with Gasteiger partial charge < -0.3 is 4.74 Å². The van der Waals surface area contributed by atoms with E-state index < -0.39 is 5.95 Å². The minimum atomic E-state index is -0.457. The molecule has 0 bridgehead atoms. The van der Waals surface area contributed by atoms with Crippen LogP contribution in [-0.4, -0.2) is 12.1 Å². The van der Waals surface area contributed by atoms with Gasteiger partial charge in [-0.1, -0.05) is 0 Å². The summed E-state index contributed by atoms with van der Waals surface area (Å²) in [4.78, 5) is 5.74. The molecule has 0 amide bonds. The fraction of sp³-hybridized carbons (Fsp3) is 0.0625. The summed E-state index contributed by atoms with van der Waals surface area (Å²) < 4.78 is 18.3. The molecule has 1 aromatic carbocycles. The number of thiophene rings is 1. The van der Waals surface area contributed by atoms with E-state index in [1.54, 1.807) is 18.4 Å². The van der Waals surface area contributed by atoms with Crippen LogP contribution in [0.4, 0.5) is 4.39 Å². The summed E-state index contributed by atoms with van der Waals surface area (Å²) in [6.07, 6.45) is 1.48. The van der Waals surface area contributed by atoms with Crippen molar-refractivity contribution in [1.29, 1.82) is 0 Å². The summed E-state index contributed by atoms with van der Waals surface area (Å²) in [5.41, 5.74) is 1.97. The predicted octanol–water partition coefficient (Wildman–Crippen LogP) is 4.62. The van der Waals surface area contributed by atoms with Crippen molar-refractivity contribution in [3.63, 3.8) is 0 Å². The normalized spacial score (nSPS) is 10.5. The van der Waals surface area contributed by atoms with E-state index >= 15 is 0 Å². The maximum absolute atomic E-state index is 13.1. The van der Waals surface area contributed by atoms with Crippen LogP contribution in [0.15, 0.2) is 54.7 Å². The van der Waals surface area contributed by atoms with Crippen LogP contribution in [0.1, 0.15) is 0 Å². The zero-order valence-corrected chi connectivity index (χ0v) is 11.7.